The summed E-state index contributed by atoms with van der Waals surface area (Å²) in [6.45, 7) is 0.432. The third-order valence-corrected chi connectivity index (χ3v) is 3.71. The average molecular weight is 347 g/mol. The van der Waals surface area contributed by atoms with E-state index in [4.69, 9.17) is 0 Å². The molecule has 1 aliphatic heterocycles. The number of carbonyl (C=O) groups excluding carboxylic acids is 2. The molecular formula is C15H17F4N3O2. The van der Waals surface area contributed by atoms with Gasteiger partial charge in [-0.1, -0.05) is 0 Å². The number of carbonyl (C=O) groups is 2. The minimum atomic E-state index is -4.51. The highest BCUT2D eigenvalue weighted by atomic mass is 19.4. The molecule has 9 heteroatoms. The zero-order valence-electron chi connectivity index (χ0n) is 12.9. The molecule has 132 valence electrons. The SMILES string of the molecule is Cc1cc(F)ccc1NC(=O)N1CCCC1C(=O)NCC(F)(F)F. The van der Waals surface area contributed by atoms with E-state index < -0.39 is 36.5 Å². The Morgan fingerprint density at radius 2 is 2.04 bits per heavy atom. The van der Waals surface area contributed by atoms with Crippen LogP contribution in [-0.2, 0) is 4.79 Å². The molecule has 0 radical (unpaired) electrons. The van der Waals surface area contributed by atoms with Crippen molar-refractivity contribution in [3.8, 4) is 0 Å². The molecule has 1 heterocycles. The lowest BCUT2D eigenvalue weighted by Crippen LogP contribution is -2.49. The van der Waals surface area contributed by atoms with Crippen molar-refractivity contribution >= 4 is 17.6 Å². The first kappa shape index (κ1) is 18.0. The number of hydrogen-bond acceptors (Lipinski definition) is 2. The molecule has 0 aliphatic carbocycles. The van der Waals surface area contributed by atoms with Crippen molar-refractivity contribution in [3.63, 3.8) is 0 Å². The lowest BCUT2D eigenvalue weighted by Gasteiger charge is -2.24. The largest absolute Gasteiger partial charge is 0.405 e. The number of alkyl halides is 3. The van der Waals surface area contributed by atoms with Crippen molar-refractivity contribution in [2.75, 3.05) is 18.4 Å². The highest BCUT2D eigenvalue weighted by molar-refractivity contribution is 5.94. The number of hydrogen-bond donors (Lipinski definition) is 2. The number of nitrogens with one attached hydrogen (secondary N) is 2. The van der Waals surface area contributed by atoms with Gasteiger partial charge in [-0.3, -0.25) is 4.79 Å². The van der Waals surface area contributed by atoms with Gasteiger partial charge in [0, 0.05) is 12.2 Å². The molecule has 3 amide bonds. The second-order valence-electron chi connectivity index (χ2n) is 5.57. The number of urea groups is 1. The number of anilines is 1. The normalized spacial score (nSPS) is 17.7. The highest BCUT2D eigenvalue weighted by Crippen LogP contribution is 2.22. The maximum absolute atomic E-state index is 13.1. The second-order valence-corrected chi connectivity index (χ2v) is 5.57. The van der Waals surface area contributed by atoms with Gasteiger partial charge in [0.15, 0.2) is 0 Å². The Bertz CT molecular complexity index is 634. The minimum Gasteiger partial charge on any atom is -0.345 e. The van der Waals surface area contributed by atoms with E-state index in [1.54, 1.807) is 12.2 Å². The van der Waals surface area contributed by atoms with E-state index in [0.717, 1.165) is 0 Å². The zero-order valence-corrected chi connectivity index (χ0v) is 12.9. The molecule has 24 heavy (non-hydrogen) atoms. The van der Waals surface area contributed by atoms with E-state index in [1.807, 2.05) is 0 Å². The van der Waals surface area contributed by atoms with Gasteiger partial charge < -0.3 is 15.5 Å². The minimum absolute atomic E-state index is 0.260. The quantitative estimate of drug-likeness (QED) is 0.826. The van der Waals surface area contributed by atoms with E-state index in [0.29, 0.717) is 24.1 Å². The first-order valence-corrected chi connectivity index (χ1v) is 7.35. The highest BCUT2D eigenvalue weighted by Gasteiger charge is 2.36. The molecule has 1 aromatic rings. The van der Waals surface area contributed by atoms with Gasteiger partial charge in [0.2, 0.25) is 5.91 Å². The van der Waals surface area contributed by atoms with Gasteiger partial charge in [-0.15, -0.1) is 0 Å². The summed E-state index contributed by atoms with van der Waals surface area (Å²) in [6.07, 6.45) is -3.70. The van der Waals surface area contributed by atoms with Gasteiger partial charge in [0.25, 0.3) is 0 Å². The molecule has 1 saturated heterocycles. The predicted octanol–water partition coefficient (Wildman–Crippen LogP) is 2.81. The van der Waals surface area contributed by atoms with Crippen molar-refractivity contribution in [1.82, 2.24) is 10.2 Å². The van der Waals surface area contributed by atoms with Crippen LogP contribution in [0.3, 0.4) is 0 Å². The standard InChI is InChI=1S/C15H17F4N3O2/c1-9-7-10(16)4-5-11(9)21-14(24)22-6-2-3-12(22)13(23)20-8-15(17,18)19/h4-5,7,12H,2-3,6,8H2,1H3,(H,20,23)(H,21,24). The lowest BCUT2D eigenvalue weighted by molar-refractivity contribution is -0.140. The fourth-order valence-corrected chi connectivity index (χ4v) is 2.54. The number of aryl methyl sites for hydroxylation is 1. The molecule has 0 bridgehead atoms. The van der Waals surface area contributed by atoms with Crippen LogP contribution in [0.4, 0.5) is 28.0 Å². The topological polar surface area (TPSA) is 61.4 Å². The van der Waals surface area contributed by atoms with Crippen LogP contribution >= 0.6 is 0 Å². The fourth-order valence-electron chi connectivity index (χ4n) is 2.54. The monoisotopic (exact) mass is 347 g/mol. The molecule has 1 aromatic carbocycles. The maximum atomic E-state index is 13.1. The number of halogens is 4. The third kappa shape index (κ3) is 4.59. The molecule has 1 unspecified atom stereocenters. The number of benzene rings is 1. The Morgan fingerprint density at radius 3 is 2.67 bits per heavy atom. The summed E-state index contributed by atoms with van der Waals surface area (Å²) in [6, 6.07) is 2.26. The average Bonchev–Trinajstić information content (AvgIpc) is 2.96. The second kappa shape index (κ2) is 7.06. The molecule has 0 saturated carbocycles. The first-order valence-electron chi connectivity index (χ1n) is 7.35. The molecule has 1 atom stereocenters. The summed E-state index contributed by atoms with van der Waals surface area (Å²) in [5, 5.41) is 4.35. The van der Waals surface area contributed by atoms with Crippen LogP contribution < -0.4 is 10.6 Å². The van der Waals surface area contributed by atoms with Crippen molar-refractivity contribution in [2.45, 2.75) is 32.0 Å². The molecule has 5 nitrogen and oxygen atoms in total. The maximum Gasteiger partial charge on any atom is 0.405 e. The van der Waals surface area contributed by atoms with Crippen LogP contribution in [0.1, 0.15) is 18.4 Å². The molecule has 1 fully saturated rings. The molecule has 2 rings (SSSR count). The van der Waals surface area contributed by atoms with Crippen molar-refractivity contribution in [1.29, 1.82) is 0 Å². The Kier molecular flexibility index (Phi) is 5.30. The molecule has 0 aromatic heterocycles. The van der Waals surface area contributed by atoms with Gasteiger partial charge in [0.1, 0.15) is 18.4 Å². The van der Waals surface area contributed by atoms with Crippen LogP contribution in [0, 0.1) is 12.7 Å². The van der Waals surface area contributed by atoms with Gasteiger partial charge in [-0.2, -0.15) is 13.2 Å². The van der Waals surface area contributed by atoms with Crippen molar-refractivity contribution < 1.29 is 27.2 Å². The Balaban J connectivity index is 2.01. The van der Waals surface area contributed by atoms with Crippen molar-refractivity contribution in [2.24, 2.45) is 0 Å². The van der Waals surface area contributed by atoms with Crippen LogP contribution in [0.15, 0.2) is 18.2 Å². The van der Waals surface area contributed by atoms with Crippen molar-refractivity contribution in [3.05, 3.63) is 29.6 Å². The lowest BCUT2D eigenvalue weighted by atomic mass is 10.2. The summed E-state index contributed by atoms with van der Waals surface area (Å²) < 4.78 is 49.6. The molecular weight excluding hydrogens is 330 g/mol. The molecule has 2 N–H and O–H groups in total. The van der Waals surface area contributed by atoms with E-state index >= 15 is 0 Å². The van der Waals surface area contributed by atoms with Crippen LogP contribution in [0.2, 0.25) is 0 Å². The Labute approximate surface area is 136 Å². The van der Waals surface area contributed by atoms with E-state index in [2.05, 4.69) is 5.32 Å². The molecule has 0 spiro atoms. The zero-order chi connectivity index (χ0) is 17.9. The summed E-state index contributed by atoms with van der Waals surface area (Å²) in [5.41, 5.74) is 0.878. The van der Waals surface area contributed by atoms with Crippen LogP contribution in [0.25, 0.3) is 0 Å². The van der Waals surface area contributed by atoms with Gasteiger partial charge >= 0.3 is 12.2 Å². The smallest absolute Gasteiger partial charge is 0.345 e. The van der Waals surface area contributed by atoms with Gasteiger partial charge in [0.05, 0.1) is 0 Å². The summed E-state index contributed by atoms with van der Waals surface area (Å²) in [7, 11) is 0. The first-order chi connectivity index (χ1) is 11.2. The van der Waals surface area contributed by atoms with E-state index in [-0.39, 0.29) is 6.54 Å². The number of nitrogens with zero attached hydrogens (tertiary/aromatic N) is 1. The van der Waals surface area contributed by atoms with E-state index in [1.165, 1.54) is 23.1 Å². The number of amides is 3. The number of rotatable bonds is 3. The van der Waals surface area contributed by atoms with Crippen LogP contribution in [0.5, 0.6) is 0 Å². The predicted molar refractivity (Wildman–Crippen MR) is 78.9 cm³/mol. The fraction of sp³-hybridized carbons (Fsp3) is 0.467. The Hall–Kier alpha value is -2.32. The van der Waals surface area contributed by atoms with Crippen LogP contribution in [-0.4, -0.2) is 42.1 Å². The Morgan fingerprint density at radius 1 is 1.33 bits per heavy atom. The summed E-state index contributed by atoms with van der Waals surface area (Å²) in [4.78, 5) is 25.4. The summed E-state index contributed by atoms with van der Waals surface area (Å²) >= 11 is 0. The van der Waals surface area contributed by atoms with Gasteiger partial charge in [-0.25, -0.2) is 9.18 Å². The number of likely N-dealkylation sites (tertiary alicyclic amines) is 1. The van der Waals surface area contributed by atoms with E-state index in [9.17, 15) is 27.2 Å². The van der Waals surface area contributed by atoms with Gasteiger partial charge in [-0.05, 0) is 43.5 Å². The molecule has 1 aliphatic rings. The third-order valence-electron chi connectivity index (χ3n) is 3.71. The summed E-state index contributed by atoms with van der Waals surface area (Å²) in [5.74, 6) is -1.29.